The first-order valence-electron chi connectivity index (χ1n) is 16.7. The molecule has 0 saturated heterocycles. The van der Waals surface area contributed by atoms with Crippen LogP contribution in [-0.2, 0) is 19.6 Å². The van der Waals surface area contributed by atoms with Crippen LogP contribution < -0.4 is 16.4 Å². The number of hydrogen-bond acceptors (Lipinski definition) is 5. The summed E-state index contributed by atoms with van der Waals surface area (Å²) in [6, 6.07) is 16.4. The lowest BCUT2D eigenvalue weighted by atomic mass is 10.1. The Bertz CT molecular complexity index is 894. The smallest absolute Gasteiger partial charge is 0.187 e. The van der Waals surface area contributed by atoms with E-state index in [0.29, 0.717) is 12.2 Å². The zero-order valence-corrected chi connectivity index (χ0v) is 27.5. The highest BCUT2D eigenvalue weighted by atomic mass is 15.1. The van der Waals surface area contributed by atoms with Gasteiger partial charge in [0.1, 0.15) is 0 Å². The molecule has 2 aromatic carbocycles. The third-order valence-electron chi connectivity index (χ3n) is 7.30. The molecule has 0 aliphatic carbocycles. The summed E-state index contributed by atoms with van der Waals surface area (Å²) in [6.45, 7) is 28.0. The van der Waals surface area contributed by atoms with E-state index in [1.807, 2.05) is 24.3 Å². The summed E-state index contributed by atoms with van der Waals surface area (Å²) in [4.78, 5) is 8.57. The maximum Gasteiger partial charge on any atom is 0.187 e. The van der Waals surface area contributed by atoms with Gasteiger partial charge in [0.05, 0.1) is 6.57 Å². The van der Waals surface area contributed by atoms with E-state index in [0.717, 1.165) is 26.2 Å². The van der Waals surface area contributed by atoms with Gasteiger partial charge in [-0.1, -0.05) is 76.2 Å². The molecule has 0 radical (unpaired) electrons. The van der Waals surface area contributed by atoms with Gasteiger partial charge in [0, 0.05) is 19.6 Å². The van der Waals surface area contributed by atoms with Crippen LogP contribution in [0.15, 0.2) is 48.5 Å². The van der Waals surface area contributed by atoms with Crippen LogP contribution in [0.4, 0.5) is 5.69 Å². The molecule has 4 N–H and O–H groups in total. The zero-order valence-electron chi connectivity index (χ0n) is 27.5. The van der Waals surface area contributed by atoms with Crippen molar-refractivity contribution in [3.05, 3.63) is 76.6 Å². The van der Waals surface area contributed by atoms with Crippen molar-refractivity contribution in [2.24, 2.45) is 5.73 Å². The van der Waals surface area contributed by atoms with Crippen LogP contribution in [0.25, 0.3) is 4.85 Å². The Kier molecular flexibility index (Phi) is 23.7. The van der Waals surface area contributed by atoms with Gasteiger partial charge in [0.15, 0.2) is 5.69 Å². The highest BCUT2D eigenvalue weighted by Crippen LogP contribution is 2.12. The number of nitrogens with one attached hydrogen (secondary N) is 2. The molecule has 0 aliphatic heterocycles. The number of unbranched alkanes of at least 4 members (excludes halogenated alkanes) is 2. The second-order valence-corrected chi connectivity index (χ2v) is 11.2. The van der Waals surface area contributed by atoms with Crippen molar-refractivity contribution >= 4 is 5.69 Å². The van der Waals surface area contributed by atoms with E-state index >= 15 is 0 Å². The van der Waals surface area contributed by atoms with Crippen molar-refractivity contribution < 1.29 is 0 Å². The van der Waals surface area contributed by atoms with E-state index in [9.17, 15) is 0 Å². The standard InChI is InChI=1S/C18H29N3.C18H33N3/c1-4-13-21(14-5-2)15-7-6-12-20-16-17-8-10-18(19-3)11-9-17;1-3-12-21(13-4-2)14-6-5-11-20-16-18-9-7-17(15-19)8-10-18/h8-11,20H,4-7,12-16H2,1-2H3;7-10,20H,3-6,11-16,19H2,1-2H3. The fraction of sp³-hybridized carbons (Fsp3) is 0.639. The van der Waals surface area contributed by atoms with Crippen LogP contribution in [0.3, 0.4) is 0 Å². The highest BCUT2D eigenvalue weighted by molar-refractivity contribution is 5.45. The van der Waals surface area contributed by atoms with Gasteiger partial charge in [-0.05, 0) is 120 Å². The fourth-order valence-electron chi connectivity index (χ4n) is 5.05. The predicted octanol–water partition coefficient (Wildman–Crippen LogP) is 7.37. The lowest BCUT2D eigenvalue weighted by Crippen LogP contribution is -2.27. The van der Waals surface area contributed by atoms with Crippen molar-refractivity contribution in [3.8, 4) is 0 Å². The molecule has 42 heavy (non-hydrogen) atoms. The summed E-state index contributed by atoms with van der Waals surface area (Å²) in [5, 5.41) is 7.01. The fourth-order valence-corrected chi connectivity index (χ4v) is 5.05. The second-order valence-electron chi connectivity index (χ2n) is 11.2. The Morgan fingerprint density at radius 1 is 0.571 bits per heavy atom. The molecule has 0 unspecified atom stereocenters. The summed E-state index contributed by atoms with van der Waals surface area (Å²) in [5.74, 6) is 0. The van der Waals surface area contributed by atoms with E-state index in [-0.39, 0.29) is 0 Å². The maximum atomic E-state index is 6.93. The van der Waals surface area contributed by atoms with Gasteiger partial charge in [-0.15, -0.1) is 0 Å². The monoisotopic (exact) mass is 579 g/mol. The molecule has 0 heterocycles. The normalized spacial score (nSPS) is 11.0. The van der Waals surface area contributed by atoms with Gasteiger partial charge in [-0.3, -0.25) is 0 Å². The molecule has 2 rings (SSSR count). The number of rotatable bonds is 23. The third-order valence-corrected chi connectivity index (χ3v) is 7.30. The van der Waals surface area contributed by atoms with E-state index < -0.39 is 0 Å². The Labute approximate surface area is 259 Å². The zero-order chi connectivity index (χ0) is 30.7. The van der Waals surface area contributed by atoms with Crippen molar-refractivity contribution in [2.45, 2.75) is 98.7 Å². The summed E-state index contributed by atoms with van der Waals surface area (Å²) in [5.41, 5.74) is 10.1. The van der Waals surface area contributed by atoms with E-state index in [1.54, 1.807) is 0 Å². The summed E-state index contributed by atoms with van der Waals surface area (Å²) < 4.78 is 0. The molecule has 6 nitrogen and oxygen atoms in total. The Balaban J connectivity index is 0.000000420. The maximum absolute atomic E-state index is 6.93. The predicted molar refractivity (Wildman–Crippen MR) is 183 cm³/mol. The molecular formula is C36H62N6. The molecule has 0 saturated carbocycles. The summed E-state index contributed by atoms with van der Waals surface area (Å²) in [7, 11) is 0. The van der Waals surface area contributed by atoms with Crippen LogP contribution in [0, 0.1) is 6.57 Å². The first-order chi connectivity index (χ1) is 20.6. The molecule has 0 bridgehead atoms. The van der Waals surface area contributed by atoms with Gasteiger partial charge in [-0.2, -0.15) is 0 Å². The number of nitrogens with zero attached hydrogens (tertiary/aromatic N) is 3. The van der Waals surface area contributed by atoms with Crippen molar-refractivity contribution in [1.82, 2.24) is 20.4 Å². The molecular weight excluding hydrogens is 516 g/mol. The van der Waals surface area contributed by atoms with Gasteiger partial charge in [0.25, 0.3) is 0 Å². The molecule has 236 valence electrons. The Morgan fingerprint density at radius 2 is 0.952 bits per heavy atom. The molecule has 6 heteroatoms. The van der Waals surface area contributed by atoms with Gasteiger partial charge >= 0.3 is 0 Å². The minimum Gasteiger partial charge on any atom is -0.326 e. The van der Waals surface area contributed by atoms with Crippen molar-refractivity contribution in [1.29, 1.82) is 0 Å². The minimum atomic E-state index is 0.625. The molecule has 2 aromatic rings. The molecule has 0 aromatic heterocycles. The Hall–Kier alpha value is -2.27. The van der Waals surface area contributed by atoms with Crippen molar-refractivity contribution in [3.63, 3.8) is 0 Å². The average molecular weight is 579 g/mol. The van der Waals surface area contributed by atoms with Gasteiger partial charge in [0.2, 0.25) is 0 Å². The van der Waals surface area contributed by atoms with E-state index in [1.165, 1.54) is 107 Å². The van der Waals surface area contributed by atoms with Crippen LogP contribution in [0.5, 0.6) is 0 Å². The molecule has 0 amide bonds. The summed E-state index contributed by atoms with van der Waals surface area (Å²) in [6.07, 6.45) is 10.1. The van der Waals surface area contributed by atoms with Gasteiger partial charge < -0.3 is 26.2 Å². The van der Waals surface area contributed by atoms with Gasteiger partial charge in [-0.25, -0.2) is 4.85 Å². The lowest BCUT2D eigenvalue weighted by Gasteiger charge is -2.20. The van der Waals surface area contributed by atoms with Crippen LogP contribution in [0.1, 0.15) is 95.8 Å². The first-order valence-corrected chi connectivity index (χ1v) is 16.7. The van der Waals surface area contributed by atoms with Crippen molar-refractivity contribution in [2.75, 3.05) is 52.4 Å². The quantitative estimate of drug-likeness (QED) is 0.0950. The first kappa shape index (κ1) is 37.8. The highest BCUT2D eigenvalue weighted by Gasteiger charge is 2.03. The lowest BCUT2D eigenvalue weighted by molar-refractivity contribution is 0.268. The summed E-state index contributed by atoms with van der Waals surface area (Å²) >= 11 is 0. The number of hydrogen-bond donors (Lipinski definition) is 3. The molecule has 0 spiro atoms. The Morgan fingerprint density at radius 3 is 1.31 bits per heavy atom. The SMILES string of the molecule is CCCN(CCC)CCCCNCc1ccc(CN)cc1.[C-]#[N+]c1ccc(CNCCCCN(CCC)CCC)cc1. The number of nitrogens with two attached hydrogens (primary N) is 1. The number of benzene rings is 2. The molecule has 0 atom stereocenters. The molecule has 0 fully saturated rings. The van der Waals surface area contributed by atoms with Crippen LogP contribution in [-0.4, -0.2) is 62.2 Å². The van der Waals surface area contributed by atoms with Crippen LogP contribution >= 0.6 is 0 Å². The topological polar surface area (TPSA) is 60.9 Å². The largest absolute Gasteiger partial charge is 0.326 e. The van der Waals surface area contributed by atoms with E-state index in [2.05, 4.69) is 77.2 Å². The van der Waals surface area contributed by atoms with E-state index in [4.69, 9.17) is 12.3 Å². The third kappa shape index (κ3) is 19.0. The second kappa shape index (κ2) is 26.4. The average Bonchev–Trinajstić information content (AvgIpc) is 3.02. The molecule has 0 aliphatic rings. The minimum absolute atomic E-state index is 0.625. The van der Waals surface area contributed by atoms with Crippen LogP contribution in [0.2, 0.25) is 0 Å².